The van der Waals surface area contributed by atoms with Crippen molar-refractivity contribution in [1.29, 1.82) is 0 Å². The SMILES string of the molecule is NC(=O)n1ncc2ccc(-c3ccc(NS(=O)(=O)c4ccccc4Cl)cc3)c(F)c21. The van der Waals surface area contributed by atoms with Crippen LogP contribution in [-0.2, 0) is 10.0 Å². The number of rotatable bonds is 4. The molecule has 30 heavy (non-hydrogen) atoms. The Hall–Kier alpha value is -3.43. The van der Waals surface area contributed by atoms with Gasteiger partial charge in [-0.15, -0.1) is 0 Å². The predicted molar refractivity (Wildman–Crippen MR) is 112 cm³/mol. The van der Waals surface area contributed by atoms with Crippen LogP contribution in [0.3, 0.4) is 0 Å². The van der Waals surface area contributed by atoms with Crippen molar-refractivity contribution in [3.63, 3.8) is 0 Å². The normalized spacial score (nSPS) is 11.5. The number of hydrogen-bond acceptors (Lipinski definition) is 4. The third kappa shape index (κ3) is 3.49. The number of carbonyl (C=O) groups excluding carboxylic acids is 1. The molecular formula is C20H14ClFN4O3S. The van der Waals surface area contributed by atoms with E-state index in [-0.39, 0.29) is 26.7 Å². The van der Waals surface area contributed by atoms with Crippen LogP contribution in [-0.4, -0.2) is 24.2 Å². The lowest BCUT2D eigenvalue weighted by atomic mass is 10.0. The molecule has 1 aromatic heterocycles. The van der Waals surface area contributed by atoms with Gasteiger partial charge in [0.1, 0.15) is 10.4 Å². The smallest absolute Gasteiger partial charge is 0.340 e. The highest BCUT2D eigenvalue weighted by molar-refractivity contribution is 7.92. The minimum atomic E-state index is -3.89. The first-order valence-electron chi connectivity index (χ1n) is 8.62. The Kier molecular flexibility index (Phi) is 4.92. The molecule has 152 valence electrons. The van der Waals surface area contributed by atoms with Gasteiger partial charge in [0.05, 0.1) is 11.2 Å². The van der Waals surface area contributed by atoms with Gasteiger partial charge in [-0.25, -0.2) is 17.6 Å². The van der Waals surface area contributed by atoms with E-state index >= 15 is 4.39 Å². The molecule has 0 radical (unpaired) electrons. The quantitative estimate of drug-likeness (QED) is 0.491. The van der Waals surface area contributed by atoms with Crippen molar-refractivity contribution < 1.29 is 17.6 Å². The second-order valence-corrected chi connectivity index (χ2v) is 8.43. The lowest BCUT2D eigenvalue weighted by molar-refractivity contribution is 0.248. The van der Waals surface area contributed by atoms with E-state index in [1.54, 1.807) is 36.4 Å². The van der Waals surface area contributed by atoms with Crippen molar-refractivity contribution in [2.45, 2.75) is 4.90 Å². The van der Waals surface area contributed by atoms with E-state index in [4.69, 9.17) is 17.3 Å². The maximum absolute atomic E-state index is 15.1. The number of aromatic nitrogens is 2. The second kappa shape index (κ2) is 7.43. The molecule has 0 spiro atoms. The number of amides is 1. The first kappa shape index (κ1) is 19.9. The lowest BCUT2D eigenvalue weighted by Crippen LogP contribution is -2.21. The van der Waals surface area contributed by atoms with Crippen LogP contribution in [0, 0.1) is 5.82 Å². The number of anilines is 1. The van der Waals surface area contributed by atoms with Crippen molar-refractivity contribution in [3.05, 3.63) is 77.7 Å². The van der Waals surface area contributed by atoms with Gasteiger partial charge in [-0.05, 0) is 29.8 Å². The van der Waals surface area contributed by atoms with Crippen LogP contribution >= 0.6 is 11.6 Å². The lowest BCUT2D eigenvalue weighted by Gasteiger charge is -2.11. The molecule has 1 heterocycles. The molecule has 0 aliphatic carbocycles. The molecule has 0 saturated heterocycles. The van der Waals surface area contributed by atoms with Crippen LogP contribution in [0.15, 0.2) is 71.8 Å². The van der Waals surface area contributed by atoms with E-state index in [0.717, 1.165) is 4.68 Å². The Morgan fingerprint density at radius 1 is 1.07 bits per heavy atom. The van der Waals surface area contributed by atoms with Crippen LogP contribution in [0.4, 0.5) is 14.9 Å². The number of carbonyl (C=O) groups is 1. The Morgan fingerprint density at radius 3 is 2.43 bits per heavy atom. The highest BCUT2D eigenvalue weighted by atomic mass is 35.5. The molecule has 10 heteroatoms. The van der Waals surface area contributed by atoms with Crippen molar-refractivity contribution in [1.82, 2.24) is 9.78 Å². The highest BCUT2D eigenvalue weighted by Crippen LogP contribution is 2.30. The average Bonchev–Trinajstić information content (AvgIpc) is 3.14. The summed E-state index contributed by atoms with van der Waals surface area (Å²) in [5.74, 6) is -0.659. The van der Waals surface area contributed by atoms with Gasteiger partial charge in [-0.2, -0.15) is 9.78 Å². The average molecular weight is 445 g/mol. The van der Waals surface area contributed by atoms with Crippen LogP contribution in [0.2, 0.25) is 5.02 Å². The Morgan fingerprint density at radius 2 is 1.77 bits per heavy atom. The molecule has 0 aliphatic heterocycles. The Labute approximate surface area is 175 Å². The number of halogens is 2. The number of nitrogens with zero attached hydrogens (tertiary/aromatic N) is 2. The zero-order valence-corrected chi connectivity index (χ0v) is 16.8. The Balaban J connectivity index is 1.68. The van der Waals surface area contributed by atoms with Gasteiger partial charge in [-0.3, -0.25) is 4.72 Å². The fourth-order valence-corrected chi connectivity index (χ4v) is 4.64. The molecule has 7 nitrogen and oxygen atoms in total. The number of benzene rings is 3. The van der Waals surface area contributed by atoms with Crippen LogP contribution in [0.1, 0.15) is 0 Å². The molecule has 0 bridgehead atoms. The van der Waals surface area contributed by atoms with Crippen molar-refractivity contribution in [2.24, 2.45) is 5.73 Å². The van der Waals surface area contributed by atoms with Crippen LogP contribution < -0.4 is 10.5 Å². The van der Waals surface area contributed by atoms with Gasteiger partial charge in [0.25, 0.3) is 10.0 Å². The van der Waals surface area contributed by atoms with Crippen molar-refractivity contribution in [2.75, 3.05) is 4.72 Å². The molecule has 0 atom stereocenters. The molecule has 3 aromatic carbocycles. The Bertz CT molecular complexity index is 1390. The minimum absolute atomic E-state index is 0.0245. The van der Waals surface area contributed by atoms with Crippen molar-refractivity contribution in [3.8, 4) is 11.1 Å². The molecule has 4 aromatic rings. The summed E-state index contributed by atoms with van der Waals surface area (Å²) in [5, 5.41) is 4.33. The molecule has 1 amide bonds. The van der Waals surface area contributed by atoms with Gasteiger partial charge in [0.15, 0.2) is 5.82 Å². The number of hydrogen-bond donors (Lipinski definition) is 2. The first-order chi connectivity index (χ1) is 14.3. The molecule has 3 N–H and O–H groups in total. The van der Waals surface area contributed by atoms with E-state index in [9.17, 15) is 13.2 Å². The molecule has 0 fully saturated rings. The zero-order valence-electron chi connectivity index (χ0n) is 15.2. The van der Waals surface area contributed by atoms with E-state index in [2.05, 4.69) is 9.82 Å². The monoisotopic (exact) mass is 444 g/mol. The largest absolute Gasteiger partial charge is 0.350 e. The topological polar surface area (TPSA) is 107 Å². The van der Waals surface area contributed by atoms with E-state index in [0.29, 0.717) is 10.9 Å². The molecule has 4 rings (SSSR count). The highest BCUT2D eigenvalue weighted by Gasteiger charge is 2.19. The number of primary amides is 1. The van der Waals surface area contributed by atoms with E-state index in [1.165, 1.54) is 30.5 Å². The van der Waals surface area contributed by atoms with Gasteiger partial charge < -0.3 is 5.73 Å². The second-order valence-electron chi connectivity index (χ2n) is 6.37. The van der Waals surface area contributed by atoms with E-state index < -0.39 is 21.9 Å². The maximum Gasteiger partial charge on any atom is 0.340 e. The standard InChI is InChI=1S/C20H14ClFN4O3S/c21-16-3-1-2-4-17(16)30(28,29)25-14-8-5-12(6-9-14)15-10-7-13-11-24-26(20(23)27)19(13)18(15)22/h1-11,25H,(H2,23,27). The fourth-order valence-electron chi connectivity index (χ4n) is 3.06. The van der Waals surface area contributed by atoms with Gasteiger partial charge in [0, 0.05) is 16.6 Å². The van der Waals surface area contributed by atoms with Gasteiger partial charge >= 0.3 is 6.03 Å². The summed E-state index contributed by atoms with van der Waals surface area (Å²) >= 11 is 5.97. The molecule has 0 saturated carbocycles. The summed E-state index contributed by atoms with van der Waals surface area (Å²) in [6.07, 6.45) is 1.35. The molecular weight excluding hydrogens is 431 g/mol. The maximum atomic E-state index is 15.1. The fraction of sp³-hybridized carbons (Fsp3) is 0. The summed E-state index contributed by atoms with van der Waals surface area (Å²) in [6.45, 7) is 0. The molecule has 0 aliphatic rings. The third-order valence-corrected chi connectivity index (χ3v) is 6.34. The third-order valence-electron chi connectivity index (χ3n) is 4.45. The summed E-state index contributed by atoms with van der Waals surface area (Å²) < 4.78 is 43.4. The van der Waals surface area contributed by atoms with E-state index in [1.807, 2.05) is 0 Å². The number of fused-ring (bicyclic) bond motifs is 1. The summed E-state index contributed by atoms with van der Waals surface area (Å²) in [5.41, 5.74) is 6.19. The van der Waals surface area contributed by atoms with Gasteiger partial charge in [0.2, 0.25) is 0 Å². The predicted octanol–water partition coefficient (Wildman–Crippen LogP) is 4.22. The van der Waals surface area contributed by atoms with Crippen LogP contribution in [0.5, 0.6) is 0 Å². The zero-order chi connectivity index (χ0) is 21.5. The number of nitrogens with two attached hydrogens (primary N) is 1. The summed E-state index contributed by atoms with van der Waals surface area (Å²) in [6, 6.07) is 14.5. The molecule has 0 unspecified atom stereocenters. The number of sulfonamides is 1. The van der Waals surface area contributed by atoms with Gasteiger partial charge in [-0.1, -0.05) is 48.0 Å². The van der Waals surface area contributed by atoms with Crippen LogP contribution in [0.25, 0.3) is 22.0 Å². The minimum Gasteiger partial charge on any atom is -0.350 e. The summed E-state index contributed by atoms with van der Waals surface area (Å²) in [7, 11) is -3.89. The summed E-state index contributed by atoms with van der Waals surface area (Å²) in [4.78, 5) is 11.4. The van der Waals surface area contributed by atoms with Crippen molar-refractivity contribution >= 4 is 44.2 Å². The number of nitrogens with one attached hydrogen (secondary N) is 1. The first-order valence-corrected chi connectivity index (χ1v) is 10.5.